The number of aromatic nitrogens is 2. The van der Waals surface area contributed by atoms with Gasteiger partial charge in [0.1, 0.15) is 17.0 Å². The summed E-state index contributed by atoms with van der Waals surface area (Å²) in [5, 5.41) is 9.91. The maximum absolute atomic E-state index is 4.27. The minimum absolute atomic E-state index is 0.158. The number of nitrogens with zero attached hydrogens (tertiary/aromatic N) is 2. The fraction of sp³-hybridized carbons (Fsp3) is 0.500. The number of anilines is 1. The second-order valence-corrected chi connectivity index (χ2v) is 5.86. The summed E-state index contributed by atoms with van der Waals surface area (Å²) >= 11 is 1.64. The Balaban J connectivity index is 1.93. The van der Waals surface area contributed by atoms with Crippen LogP contribution in [0.25, 0.3) is 10.2 Å². The summed E-state index contributed by atoms with van der Waals surface area (Å²) in [5.74, 6) is 0.923. The van der Waals surface area contributed by atoms with Gasteiger partial charge in [0.25, 0.3) is 0 Å². The molecular formula is C12H18N4S. The van der Waals surface area contributed by atoms with Crippen molar-refractivity contribution in [2.24, 2.45) is 0 Å². The molecule has 0 atom stereocenters. The van der Waals surface area contributed by atoms with Crippen molar-refractivity contribution in [2.75, 3.05) is 18.4 Å². The molecule has 0 unspecified atom stereocenters. The summed E-state index contributed by atoms with van der Waals surface area (Å²) < 4.78 is 0. The number of thiophene rings is 1. The van der Waals surface area contributed by atoms with E-state index in [0.717, 1.165) is 29.1 Å². The van der Waals surface area contributed by atoms with Crippen LogP contribution in [-0.4, -0.2) is 28.6 Å². The van der Waals surface area contributed by atoms with E-state index in [1.807, 2.05) is 5.38 Å². The molecule has 2 N–H and O–H groups in total. The average molecular weight is 250 g/mol. The lowest BCUT2D eigenvalue weighted by atomic mass is 10.1. The first-order chi connectivity index (χ1) is 8.06. The van der Waals surface area contributed by atoms with Gasteiger partial charge in [0.05, 0.1) is 5.39 Å². The van der Waals surface area contributed by atoms with Crippen LogP contribution < -0.4 is 10.6 Å². The summed E-state index contributed by atoms with van der Waals surface area (Å²) in [7, 11) is 0. The molecule has 0 radical (unpaired) electrons. The van der Waals surface area contributed by atoms with Gasteiger partial charge in [0.15, 0.2) is 0 Å². The zero-order valence-corrected chi connectivity index (χ0v) is 11.3. The highest BCUT2D eigenvalue weighted by molar-refractivity contribution is 7.16. The molecule has 17 heavy (non-hydrogen) atoms. The summed E-state index contributed by atoms with van der Waals surface area (Å²) in [6.07, 6.45) is 1.61. The molecule has 2 aromatic heterocycles. The van der Waals surface area contributed by atoms with Crippen molar-refractivity contribution in [3.63, 3.8) is 0 Å². The largest absolute Gasteiger partial charge is 0.368 e. The molecule has 0 aliphatic heterocycles. The van der Waals surface area contributed by atoms with Gasteiger partial charge in [-0.25, -0.2) is 9.97 Å². The molecule has 0 aromatic carbocycles. The minimum atomic E-state index is 0.158. The van der Waals surface area contributed by atoms with Crippen LogP contribution in [0.5, 0.6) is 0 Å². The van der Waals surface area contributed by atoms with Gasteiger partial charge < -0.3 is 10.6 Å². The van der Waals surface area contributed by atoms with Gasteiger partial charge in [-0.2, -0.15) is 0 Å². The van der Waals surface area contributed by atoms with Crippen LogP contribution in [0.4, 0.5) is 5.82 Å². The lowest BCUT2D eigenvalue weighted by molar-refractivity contribution is 0.435. The van der Waals surface area contributed by atoms with Crippen LogP contribution in [0.15, 0.2) is 17.8 Å². The molecule has 2 aromatic rings. The Morgan fingerprint density at radius 3 is 2.82 bits per heavy atom. The summed E-state index contributed by atoms with van der Waals surface area (Å²) in [6, 6.07) is 2.06. The fourth-order valence-corrected chi connectivity index (χ4v) is 2.28. The molecule has 0 amide bonds. The first-order valence-corrected chi connectivity index (χ1v) is 6.61. The van der Waals surface area contributed by atoms with Crippen molar-refractivity contribution in [2.45, 2.75) is 26.3 Å². The predicted octanol–water partition coefficient (Wildman–Crippen LogP) is 2.49. The molecule has 2 heterocycles. The molecule has 0 saturated heterocycles. The van der Waals surface area contributed by atoms with Crippen LogP contribution in [-0.2, 0) is 0 Å². The van der Waals surface area contributed by atoms with Crippen LogP contribution in [0.3, 0.4) is 0 Å². The van der Waals surface area contributed by atoms with E-state index < -0.39 is 0 Å². The maximum Gasteiger partial charge on any atom is 0.138 e. The Morgan fingerprint density at radius 1 is 1.24 bits per heavy atom. The lowest BCUT2D eigenvalue weighted by Gasteiger charge is -2.20. The quantitative estimate of drug-likeness (QED) is 0.819. The van der Waals surface area contributed by atoms with E-state index in [1.54, 1.807) is 17.7 Å². The van der Waals surface area contributed by atoms with E-state index in [-0.39, 0.29) is 5.54 Å². The van der Waals surface area contributed by atoms with Gasteiger partial charge in [-0.3, -0.25) is 0 Å². The second kappa shape index (κ2) is 4.98. The molecule has 0 spiro atoms. The van der Waals surface area contributed by atoms with Gasteiger partial charge in [0.2, 0.25) is 0 Å². The molecule has 0 aliphatic rings. The molecule has 0 fully saturated rings. The van der Waals surface area contributed by atoms with E-state index in [0.29, 0.717) is 0 Å². The standard InChI is InChI=1S/C12H18N4S/c1-12(2,3)16-6-5-13-10-9-4-7-17-11(9)15-8-14-10/h4,7-8,16H,5-6H2,1-3H3,(H,13,14,15). The molecule has 4 nitrogen and oxygen atoms in total. The van der Waals surface area contributed by atoms with Crippen molar-refractivity contribution in [3.05, 3.63) is 17.8 Å². The van der Waals surface area contributed by atoms with Crippen LogP contribution in [0, 0.1) is 0 Å². The SMILES string of the molecule is CC(C)(C)NCCNc1ncnc2sccc12. The van der Waals surface area contributed by atoms with Crippen molar-refractivity contribution in [1.29, 1.82) is 0 Å². The average Bonchev–Trinajstić information content (AvgIpc) is 2.71. The van der Waals surface area contributed by atoms with E-state index in [1.165, 1.54) is 0 Å². The maximum atomic E-state index is 4.27. The van der Waals surface area contributed by atoms with E-state index in [4.69, 9.17) is 0 Å². The monoisotopic (exact) mass is 250 g/mol. The third kappa shape index (κ3) is 3.38. The van der Waals surface area contributed by atoms with Gasteiger partial charge in [0, 0.05) is 18.6 Å². The third-order valence-electron chi connectivity index (χ3n) is 2.33. The second-order valence-electron chi connectivity index (χ2n) is 4.97. The van der Waals surface area contributed by atoms with Gasteiger partial charge >= 0.3 is 0 Å². The van der Waals surface area contributed by atoms with Crippen molar-refractivity contribution < 1.29 is 0 Å². The summed E-state index contributed by atoms with van der Waals surface area (Å²) in [5.41, 5.74) is 0.158. The minimum Gasteiger partial charge on any atom is -0.368 e. The molecule has 92 valence electrons. The molecule has 0 saturated carbocycles. The Morgan fingerprint density at radius 2 is 2.06 bits per heavy atom. The van der Waals surface area contributed by atoms with Gasteiger partial charge in [-0.1, -0.05) is 0 Å². The highest BCUT2D eigenvalue weighted by Crippen LogP contribution is 2.23. The highest BCUT2D eigenvalue weighted by Gasteiger charge is 2.08. The first-order valence-electron chi connectivity index (χ1n) is 5.73. The predicted molar refractivity (Wildman–Crippen MR) is 73.7 cm³/mol. The Hall–Kier alpha value is -1.20. The summed E-state index contributed by atoms with van der Waals surface area (Å²) in [4.78, 5) is 9.52. The number of hydrogen-bond acceptors (Lipinski definition) is 5. The Labute approximate surface area is 105 Å². The van der Waals surface area contributed by atoms with E-state index >= 15 is 0 Å². The third-order valence-corrected chi connectivity index (χ3v) is 3.16. The van der Waals surface area contributed by atoms with Crippen molar-refractivity contribution in [1.82, 2.24) is 15.3 Å². The lowest BCUT2D eigenvalue weighted by Crippen LogP contribution is -2.38. The van der Waals surface area contributed by atoms with Crippen LogP contribution in [0.2, 0.25) is 0 Å². The molecule has 0 bridgehead atoms. The number of fused-ring (bicyclic) bond motifs is 1. The topological polar surface area (TPSA) is 49.8 Å². The van der Waals surface area contributed by atoms with Crippen molar-refractivity contribution >= 4 is 27.4 Å². The first kappa shape index (κ1) is 12.3. The molecule has 5 heteroatoms. The number of hydrogen-bond donors (Lipinski definition) is 2. The summed E-state index contributed by atoms with van der Waals surface area (Å²) in [6.45, 7) is 8.26. The zero-order valence-electron chi connectivity index (χ0n) is 10.4. The van der Waals surface area contributed by atoms with E-state index in [9.17, 15) is 0 Å². The zero-order chi connectivity index (χ0) is 12.3. The number of rotatable bonds is 4. The molecule has 0 aliphatic carbocycles. The van der Waals surface area contributed by atoms with Crippen LogP contribution in [0.1, 0.15) is 20.8 Å². The van der Waals surface area contributed by atoms with E-state index in [2.05, 4.69) is 47.4 Å². The number of nitrogens with one attached hydrogen (secondary N) is 2. The van der Waals surface area contributed by atoms with Gasteiger partial charge in [-0.15, -0.1) is 11.3 Å². The normalized spacial score (nSPS) is 11.9. The Bertz CT molecular complexity index is 486. The molecule has 2 rings (SSSR count). The molecular weight excluding hydrogens is 232 g/mol. The van der Waals surface area contributed by atoms with Gasteiger partial charge in [-0.05, 0) is 32.2 Å². The Kier molecular flexibility index (Phi) is 3.59. The highest BCUT2D eigenvalue weighted by atomic mass is 32.1. The van der Waals surface area contributed by atoms with Crippen molar-refractivity contribution in [3.8, 4) is 0 Å². The fourth-order valence-electron chi connectivity index (χ4n) is 1.55. The van der Waals surface area contributed by atoms with Crippen LogP contribution >= 0.6 is 11.3 Å². The smallest absolute Gasteiger partial charge is 0.138 e.